The van der Waals surface area contributed by atoms with Crippen molar-refractivity contribution in [3.05, 3.63) is 28.2 Å². The molecule has 0 amide bonds. The number of nitrogens with zero attached hydrogens (tertiary/aromatic N) is 1. The molecule has 1 aliphatic rings. The fourth-order valence-electron chi connectivity index (χ4n) is 1.49. The molecule has 0 radical (unpaired) electrons. The fourth-order valence-corrected chi connectivity index (χ4v) is 1.93. The highest BCUT2D eigenvalue weighted by molar-refractivity contribution is 9.10. The van der Waals surface area contributed by atoms with Crippen LogP contribution in [0.15, 0.2) is 22.7 Å². The van der Waals surface area contributed by atoms with E-state index in [0.29, 0.717) is 18.4 Å². The van der Waals surface area contributed by atoms with Crippen LogP contribution in [-0.4, -0.2) is 17.3 Å². The Bertz CT molecular complexity index is 408. The highest BCUT2D eigenvalue weighted by atomic mass is 79.9. The van der Waals surface area contributed by atoms with Gasteiger partial charge in [-0.15, -0.1) is 0 Å². The predicted molar refractivity (Wildman–Crippen MR) is 58.5 cm³/mol. The minimum atomic E-state index is -0.211. The van der Waals surface area contributed by atoms with E-state index in [2.05, 4.69) is 22.0 Å². The highest BCUT2D eigenvalue weighted by Crippen LogP contribution is 2.28. The Hall–Kier alpha value is -1.05. The van der Waals surface area contributed by atoms with Crippen LogP contribution in [0, 0.1) is 11.3 Å². The maximum Gasteiger partial charge on any atom is 0.120 e. The van der Waals surface area contributed by atoms with Gasteiger partial charge in [-0.25, -0.2) is 0 Å². The summed E-state index contributed by atoms with van der Waals surface area (Å²) in [6.07, 6.45) is 1.28. The molecule has 0 spiro atoms. The number of aliphatic hydroxyl groups is 1. The summed E-state index contributed by atoms with van der Waals surface area (Å²) < 4.78 is 6.34. The lowest BCUT2D eigenvalue weighted by Crippen LogP contribution is -2.37. The number of hydrogen-bond donors (Lipinski definition) is 1. The maximum atomic E-state index is 9.10. The first kappa shape index (κ1) is 10.5. The molecule has 78 valence electrons. The topological polar surface area (TPSA) is 53.2 Å². The lowest BCUT2D eigenvalue weighted by molar-refractivity contribution is -0.0108. The van der Waals surface area contributed by atoms with E-state index in [1.54, 1.807) is 18.2 Å². The van der Waals surface area contributed by atoms with Crippen LogP contribution >= 0.6 is 15.9 Å². The minimum absolute atomic E-state index is 0.111. The van der Waals surface area contributed by atoms with Crippen molar-refractivity contribution in [2.45, 2.75) is 25.0 Å². The average Bonchev–Trinajstić information content (AvgIpc) is 2.16. The van der Waals surface area contributed by atoms with Gasteiger partial charge in [0, 0.05) is 17.3 Å². The van der Waals surface area contributed by atoms with Gasteiger partial charge in [-0.2, -0.15) is 5.26 Å². The summed E-state index contributed by atoms with van der Waals surface area (Å²) in [5, 5.41) is 17.8. The third kappa shape index (κ3) is 2.31. The molecule has 15 heavy (non-hydrogen) atoms. The van der Waals surface area contributed by atoms with Crippen molar-refractivity contribution < 1.29 is 9.84 Å². The number of aliphatic hydroxyl groups excluding tert-OH is 1. The van der Waals surface area contributed by atoms with Crippen molar-refractivity contribution in [3.8, 4) is 11.8 Å². The molecule has 0 bridgehead atoms. The zero-order valence-corrected chi connectivity index (χ0v) is 9.57. The van der Waals surface area contributed by atoms with Crippen LogP contribution in [0.25, 0.3) is 0 Å². The summed E-state index contributed by atoms with van der Waals surface area (Å²) in [4.78, 5) is 0. The van der Waals surface area contributed by atoms with Gasteiger partial charge in [0.2, 0.25) is 0 Å². The number of benzene rings is 1. The molecule has 0 atom stereocenters. The van der Waals surface area contributed by atoms with E-state index in [1.807, 2.05) is 0 Å². The zero-order chi connectivity index (χ0) is 10.8. The molecule has 1 N–H and O–H groups in total. The molecule has 4 heteroatoms. The van der Waals surface area contributed by atoms with Crippen LogP contribution in [0.3, 0.4) is 0 Å². The minimum Gasteiger partial charge on any atom is -0.490 e. The Morgan fingerprint density at radius 2 is 2.20 bits per heavy atom. The van der Waals surface area contributed by atoms with E-state index >= 15 is 0 Å². The molecular weight excluding hydrogens is 258 g/mol. The second kappa shape index (κ2) is 4.21. The van der Waals surface area contributed by atoms with Crippen molar-refractivity contribution in [3.63, 3.8) is 0 Å². The number of nitriles is 1. The van der Waals surface area contributed by atoms with E-state index in [0.717, 1.165) is 10.2 Å². The van der Waals surface area contributed by atoms with Crippen molar-refractivity contribution in [1.29, 1.82) is 5.26 Å². The Labute approximate surface area is 96.4 Å². The van der Waals surface area contributed by atoms with Gasteiger partial charge >= 0.3 is 0 Å². The third-order valence-electron chi connectivity index (χ3n) is 2.43. The van der Waals surface area contributed by atoms with Gasteiger partial charge in [0.1, 0.15) is 17.9 Å². The van der Waals surface area contributed by atoms with Crippen molar-refractivity contribution >= 4 is 15.9 Å². The zero-order valence-electron chi connectivity index (χ0n) is 7.98. The summed E-state index contributed by atoms with van der Waals surface area (Å²) in [6.45, 7) is 0. The van der Waals surface area contributed by atoms with E-state index < -0.39 is 0 Å². The van der Waals surface area contributed by atoms with Crippen molar-refractivity contribution in [2.24, 2.45) is 0 Å². The smallest absolute Gasteiger partial charge is 0.120 e. The monoisotopic (exact) mass is 267 g/mol. The molecular formula is C11H10BrNO2. The largest absolute Gasteiger partial charge is 0.490 e. The van der Waals surface area contributed by atoms with Gasteiger partial charge in [0.15, 0.2) is 0 Å². The maximum absolute atomic E-state index is 9.10. The Morgan fingerprint density at radius 3 is 2.73 bits per heavy atom. The molecule has 1 aromatic carbocycles. The van der Waals surface area contributed by atoms with Crippen LogP contribution in [-0.2, 0) is 0 Å². The van der Waals surface area contributed by atoms with Crippen LogP contribution in [0.4, 0.5) is 0 Å². The molecule has 3 nitrogen and oxygen atoms in total. The van der Waals surface area contributed by atoms with Gasteiger partial charge in [-0.3, -0.25) is 0 Å². The Morgan fingerprint density at radius 1 is 1.47 bits per heavy atom. The standard InChI is InChI=1S/C11H10BrNO2/c12-11-5-9(2-1-7(11)6-13)15-10-3-8(14)4-10/h1-2,5,8,10,14H,3-4H2. The highest BCUT2D eigenvalue weighted by Gasteiger charge is 2.28. The molecule has 1 aromatic rings. The molecule has 0 unspecified atom stereocenters. The first-order valence-electron chi connectivity index (χ1n) is 4.73. The summed E-state index contributed by atoms with van der Waals surface area (Å²) in [7, 11) is 0. The van der Waals surface area contributed by atoms with Gasteiger partial charge in [-0.05, 0) is 34.1 Å². The Balaban J connectivity index is 2.04. The molecule has 0 aromatic heterocycles. The molecule has 1 fully saturated rings. The third-order valence-corrected chi connectivity index (χ3v) is 3.09. The van der Waals surface area contributed by atoms with Gasteiger partial charge < -0.3 is 9.84 Å². The lowest BCUT2D eigenvalue weighted by atomic mass is 9.92. The second-order valence-corrected chi connectivity index (χ2v) is 4.47. The fraction of sp³-hybridized carbons (Fsp3) is 0.364. The second-order valence-electron chi connectivity index (χ2n) is 3.62. The predicted octanol–water partition coefficient (Wildman–Crippen LogP) is 2.22. The summed E-state index contributed by atoms with van der Waals surface area (Å²) >= 11 is 3.30. The van der Waals surface area contributed by atoms with Crippen molar-refractivity contribution in [2.75, 3.05) is 0 Å². The number of ether oxygens (including phenoxy) is 1. The van der Waals surface area contributed by atoms with Crippen molar-refractivity contribution in [1.82, 2.24) is 0 Å². The van der Waals surface area contributed by atoms with Gasteiger partial charge in [0.05, 0.1) is 11.7 Å². The van der Waals surface area contributed by atoms with E-state index in [9.17, 15) is 0 Å². The van der Waals surface area contributed by atoms with Crippen LogP contribution in [0.1, 0.15) is 18.4 Å². The summed E-state index contributed by atoms with van der Waals surface area (Å²) in [6, 6.07) is 7.34. The summed E-state index contributed by atoms with van der Waals surface area (Å²) in [5.74, 6) is 0.734. The van der Waals surface area contributed by atoms with Crippen LogP contribution in [0.5, 0.6) is 5.75 Å². The number of rotatable bonds is 2. The van der Waals surface area contributed by atoms with Gasteiger partial charge in [0.25, 0.3) is 0 Å². The van der Waals surface area contributed by atoms with E-state index in [1.165, 1.54) is 0 Å². The molecule has 1 aliphatic carbocycles. The normalized spacial score (nSPS) is 24.1. The van der Waals surface area contributed by atoms with Crippen LogP contribution in [0.2, 0.25) is 0 Å². The van der Waals surface area contributed by atoms with E-state index in [-0.39, 0.29) is 12.2 Å². The number of hydrogen-bond acceptors (Lipinski definition) is 3. The molecule has 1 saturated carbocycles. The SMILES string of the molecule is N#Cc1ccc(OC2CC(O)C2)cc1Br. The Kier molecular flexibility index (Phi) is 2.94. The quantitative estimate of drug-likeness (QED) is 0.894. The molecule has 0 heterocycles. The molecule has 0 aliphatic heterocycles. The van der Waals surface area contributed by atoms with Crippen LogP contribution < -0.4 is 4.74 Å². The average molecular weight is 268 g/mol. The van der Waals surface area contributed by atoms with E-state index in [4.69, 9.17) is 15.1 Å². The molecule has 0 saturated heterocycles. The number of halogens is 1. The summed E-state index contributed by atoms with van der Waals surface area (Å²) in [5.41, 5.74) is 0.594. The lowest BCUT2D eigenvalue weighted by Gasteiger charge is -2.31. The van der Waals surface area contributed by atoms with Gasteiger partial charge in [-0.1, -0.05) is 0 Å². The molecule has 2 rings (SSSR count). The first-order chi connectivity index (χ1) is 7.19. The first-order valence-corrected chi connectivity index (χ1v) is 5.52.